The van der Waals surface area contributed by atoms with E-state index in [1.54, 1.807) is 11.3 Å². The average molecular weight is 519 g/mol. The number of nitrogens with zero attached hydrogens (tertiary/aromatic N) is 5. The number of nitrogens with one attached hydrogen (secondary N) is 1. The Bertz CT molecular complexity index is 1390. The number of aromatic amines is 1. The van der Waals surface area contributed by atoms with Crippen molar-refractivity contribution in [2.24, 2.45) is 0 Å². The zero-order valence-corrected chi connectivity index (χ0v) is 22.1. The number of ether oxygens (including phenoxy) is 1. The van der Waals surface area contributed by atoms with Gasteiger partial charge in [0.1, 0.15) is 6.04 Å². The van der Waals surface area contributed by atoms with Gasteiger partial charge in [0.05, 0.1) is 17.7 Å². The predicted molar refractivity (Wildman–Crippen MR) is 145 cm³/mol. The highest BCUT2D eigenvalue weighted by atomic mass is 32.1. The molecule has 6 rings (SSSR count). The van der Waals surface area contributed by atoms with Crippen molar-refractivity contribution in [1.29, 1.82) is 0 Å². The molecule has 2 aliphatic rings. The Morgan fingerprint density at radius 2 is 2.05 bits per heavy atom. The molecule has 9 heteroatoms. The first-order valence-corrected chi connectivity index (χ1v) is 14.3. The van der Waals surface area contributed by atoms with Gasteiger partial charge in [-0.1, -0.05) is 43.5 Å². The topological polar surface area (TPSA) is 88.9 Å². The fraction of sp³-hybridized carbons (Fsp3) is 0.500. The van der Waals surface area contributed by atoms with Crippen molar-refractivity contribution in [3.63, 3.8) is 0 Å². The lowest BCUT2D eigenvalue weighted by Crippen LogP contribution is -2.39. The van der Waals surface area contributed by atoms with Gasteiger partial charge < -0.3 is 9.72 Å². The highest BCUT2D eigenvalue weighted by Crippen LogP contribution is 2.35. The maximum Gasteiger partial charge on any atom is 0.253 e. The number of rotatable bonds is 8. The first-order valence-electron chi connectivity index (χ1n) is 13.5. The highest BCUT2D eigenvalue weighted by molar-refractivity contribution is 7.09. The molecule has 2 atom stereocenters. The average Bonchev–Trinajstić information content (AvgIpc) is 3.70. The molecule has 194 valence electrons. The van der Waals surface area contributed by atoms with Crippen LogP contribution in [-0.2, 0) is 11.3 Å². The molecule has 0 radical (unpaired) electrons. The number of hydrogen-bond donors (Lipinski definition) is 1. The van der Waals surface area contributed by atoms with Crippen molar-refractivity contribution in [2.75, 3.05) is 13.2 Å². The molecule has 1 aliphatic carbocycles. The van der Waals surface area contributed by atoms with Gasteiger partial charge in [0, 0.05) is 30.1 Å². The molecule has 1 saturated carbocycles. The molecule has 8 nitrogen and oxygen atoms in total. The van der Waals surface area contributed by atoms with Crippen LogP contribution in [-0.4, -0.2) is 49.3 Å². The van der Waals surface area contributed by atoms with E-state index in [0.29, 0.717) is 18.7 Å². The number of benzene rings is 1. The van der Waals surface area contributed by atoms with Gasteiger partial charge in [-0.15, -0.1) is 16.4 Å². The number of aromatic nitrogens is 5. The number of thiophene rings is 1. The SMILES string of the molecule is Cc1cccc2cc([C@@H](c3nnnn3C3CCCCC3)N(Cc3cccs3)C[C@H]3CCCO3)c(=O)[nH]c12. The monoisotopic (exact) mass is 518 g/mol. The van der Waals surface area contributed by atoms with Crippen LogP contribution in [0, 0.1) is 6.92 Å². The standard InChI is InChI=1S/C28H34N6O2S/c1-19-8-5-9-20-16-24(28(35)29-25(19)20)26(27-30-31-32-34(27)21-10-3-2-4-11-21)33(17-22-12-6-14-36-22)18-23-13-7-15-37-23/h5,7-9,13,15-16,21-22,26H,2-4,6,10-12,14,17-18H2,1H3,(H,29,35)/t22-,26+/m1/s1. The Labute approximate surface area is 220 Å². The second-order valence-electron chi connectivity index (χ2n) is 10.4. The highest BCUT2D eigenvalue weighted by Gasteiger charge is 2.35. The van der Waals surface area contributed by atoms with Crippen molar-refractivity contribution >= 4 is 22.2 Å². The van der Waals surface area contributed by atoms with Crippen LogP contribution >= 0.6 is 11.3 Å². The number of aryl methyl sites for hydroxylation is 1. The van der Waals surface area contributed by atoms with Gasteiger partial charge in [-0.05, 0) is 71.5 Å². The molecule has 4 aromatic rings. The summed E-state index contributed by atoms with van der Waals surface area (Å²) in [5, 5.41) is 16.4. The molecule has 37 heavy (non-hydrogen) atoms. The lowest BCUT2D eigenvalue weighted by molar-refractivity contribution is 0.0571. The van der Waals surface area contributed by atoms with Gasteiger partial charge >= 0.3 is 0 Å². The molecule has 1 N–H and O–H groups in total. The van der Waals surface area contributed by atoms with E-state index in [4.69, 9.17) is 4.74 Å². The van der Waals surface area contributed by atoms with Gasteiger partial charge in [0.15, 0.2) is 5.82 Å². The summed E-state index contributed by atoms with van der Waals surface area (Å²) in [5.41, 5.74) is 2.53. The Hall–Kier alpha value is -2.88. The van der Waals surface area contributed by atoms with Crippen LogP contribution in [0.25, 0.3) is 10.9 Å². The number of hydrogen-bond acceptors (Lipinski definition) is 7. The van der Waals surface area contributed by atoms with Gasteiger partial charge in [-0.2, -0.15) is 0 Å². The fourth-order valence-corrected chi connectivity index (χ4v) is 6.71. The first-order chi connectivity index (χ1) is 18.2. The van der Waals surface area contributed by atoms with Gasteiger partial charge in [0.2, 0.25) is 0 Å². The van der Waals surface area contributed by atoms with Crippen molar-refractivity contribution in [2.45, 2.75) is 76.6 Å². The second kappa shape index (κ2) is 10.8. The zero-order chi connectivity index (χ0) is 25.2. The van der Waals surface area contributed by atoms with E-state index in [0.717, 1.165) is 54.6 Å². The van der Waals surface area contributed by atoms with Gasteiger partial charge in [0.25, 0.3) is 5.56 Å². The molecule has 2 fully saturated rings. The summed E-state index contributed by atoms with van der Waals surface area (Å²) >= 11 is 1.73. The van der Waals surface area contributed by atoms with Crippen LogP contribution in [0.4, 0.5) is 0 Å². The van der Waals surface area contributed by atoms with Gasteiger partial charge in [-0.25, -0.2) is 4.68 Å². The fourth-order valence-electron chi connectivity index (χ4n) is 5.98. The zero-order valence-electron chi connectivity index (χ0n) is 21.3. The minimum Gasteiger partial charge on any atom is -0.377 e. The molecule has 1 saturated heterocycles. The summed E-state index contributed by atoms with van der Waals surface area (Å²) in [6, 6.07) is 12.3. The first kappa shape index (κ1) is 24.5. The number of pyridine rings is 1. The maximum atomic E-state index is 13.8. The third-order valence-electron chi connectivity index (χ3n) is 7.86. The number of fused-ring (bicyclic) bond motifs is 1. The summed E-state index contributed by atoms with van der Waals surface area (Å²) < 4.78 is 8.10. The third-order valence-corrected chi connectivity index (χ3v) is 8.72. The van der Waals surface area contributed by atoms with Crippen LogP contribution < -0.4 is 5.56 Å². The minimum atomic E-state index is -0.392. The quantitative estimate of drug-likeness (QED) is 0.347. The third kappa shape index (κ3) is 5.12. The molecule has 1 aliphatic heterocycles. The summed E-state index contributed by atoms with van der Waals surface area (Å²) in [5.74, 6) is 0.749. The second-order valence-corrected chi connectivity index (χ2v) is 11.4. The van der Waals surface area contributed by atoms with Crippen molar-refractivity contribution in [3.8, 4) is 0 Å². The van der Waals surface area contributed by atoms with E-state index in [1.165, 1.54) is 24.1 Å². The van der Waals surface area contributed by atoms with Crippen LogP contribution in [0.2, 0.25) is 0 Å². The maximum absolute atomic E-state index is 13.8. The lowest BCUT2D eigenvalue weighted by atomic mass is 9.95. The van der Waals surface area contributed by atoms with E-state index in [9.17, 15) is 4.79 Å². The predicted octanol–water partition coefficient (Wildman–Crippen LogP) is 5.16. The van der Waals surface area contributed by atoms with Gasteiger partial charge in [-0.3, -0.25) is 9.69 Å². The summed E-state index contributed by atoms with van der Waals surface area (Å²) in [7, 11) is 0. The molecule has 1 aromatic carbocycles. The number of para-hydroxylation sites is 1. The van der Waals surface area contributed by atoms with Crippen molar-refractivity contribution < 1.29 is 4.74 Å². The van der Waals surface area contributed by atoms with E-state index in [-0.39, 0.29) is 17.7 Å². The smallest absolute Gasteiger partial charge is 0.253 e. The molecular formula is C28H34N6O2S. The molecule has 0 amide bonds. The van der Waals surface area contributed by atoms with E-state index >= 15 is 0 Å². The normalized spacial score (nSPS) is 19.7. The van der Waals surface area contributed by atoms with Crippen LogP contribution in [0.3, 0.4) is 0 Å². The van der Waals surface area contributed by atoms with Crippen molar-refractivity contribution in [3.05, 3.63) is 74.0 Å². The number of H-pyrrole nitrogens is 1. The Morgan fingerprint density at radius 3 is 2.84 bits per heavy atom. The van der Waals surface area contributed by atoms with E-state index in [2.05, 4.69) is 49.0 Å². The molecular weight excluding hydrogens is 484 g/mol. The van der Waals surface area contributed by atoms with E-state index in [1.807, 2.05) is 29.8 Å². The van der Waals surface area contributed by atoms with E-state index < -0.39 is 6.04 Å². The molecule has 0 bridgehead atoms. The Balaban J connectivity index is 1.50. The van der Waals surface area contributed by atoms with Crippen LogP contribution in [0.5, 0.6) is 0 Å². The van der Waals surface area contributed by atoms with Crippen molar-refractivity contribution in [1.82, 2.24) is 30.1 Å². The summed E-state index contributed by atoms with van der Waals surface area (Å²) in [6.45, 7) is 4.23. The largest absolute Gasteiger partial charge is 0.377 e. The minimum absolute atomic E-state index is 0.0893. The summed E-state index contributed by atoms with van der Waals surface area (Å²) in [4.78, 5) is 20.6. The Morgan fingerprint density at radius 1 is 1.16 bits per heavy atom. The number of tetrazole rings is 1. The molecule has 0 unspecified atom stereocenters. The van der Waals surface area contributed by atoms with Crippen LogP contribution in [0.15, 0.2) is 46.6 Å². The molecule has 3 aromatic heterocycles. The Kier molecular flexibility index (Phi) is 7.17. The lowest BCUT2D eigenvalue weighted by Gasteiger charge is -2.33. The molecule has 4 heterocycles. The summed E-state index contributed by atoms with van der Waals surface area (Å²) in [6.07, 6.45) is 7.96. The molecule has 0 spiro atoms. The van der Waals surface area contributed by atoms with Crippen LogP contribution in [0.1, 0.15) is 78.9 Å².